The molecule has 0 bridgehead atoms. The quantitative estimate of drug-likeness (QED) is 0.706. The number of aromatic nitrogens is 3. The first-order valence-corrected chi connectivity index (χ1v) is 7.67. The molecule has 0 aliphatic carbocycles. The second kappa shape index (κ2) is 7.81. The highest BCUT2D eigenvalue weighted by Crippen LogP contribution is 2.19. The molecular formula is C18H15N5O3. The maximum absolute atomic E-state index is 11.9. The van der Waals surface area contributed by atoms with Crippen LogP contribution < -0.4 is 14.8 Å². The first-order chi connectivity index (χ1) is 12.7. The Hall–Kier alpha value is -3.86. The highest BCUT2D eigenvalue weighted by Gasteiger charge is 2.10. The fraction of sp³-hybridized carbons (Fsp3) is 0.111. The molecule has 0 unspecified atom stereocenters. The SMILES string of the molecule is COc1ccc(-c2nc(NC(=O)COc3ccc(C#N)cc3)n[nH]2)cc1. The Balaban J connectivity index is 1.56. The summed E-state index contributed by atoms with van der Waals surface area (Å²) in [6.07, 6.45) is 0. The molecule has 0 aliphatic heterocycles. The molecule has 2 aromatic carbocycles. The van der Waals surface area contributed by atoms with Crippen LogP contribution in [-0.2, 0) is 4.79 Å². The summed E-state index contributed by atoms with van der Waals surface area (Å²) >= 11 is 0. The van der Waals surface area contributed by atoms with E-state index in [1.165, 1.54) is 0 Å². The van der Waals surface area contributed by atoms with Crippen LogP contribution in [0.1, 0.15) is 5.56 Å². The lowest BCUT2D eigenvalue weighted by molar-refractivity contribution is -0.118. The topological polar surface area (TPSA) is 113 Å². The van der Waals surface area contributed by atoms with E-state index in [4.69, 9.17) is 14.7 Å². The van der Waals surface area contributed by atoms with Crippen molar-refractivity contribution in [2.24, 2.45) is 0 Å². The largest absolute Gasteiger partial charge is 0.497 e. The van der Waals surface area contributed by atoms with Gasteiger partial charge in [-0.3, -0.25) is 15.2 Å². The number of carbonyl (C=O) groups excluding carboxylic acids is 1. The highest BCUT2D eigenvalue weighted by atomic mass is 16.5. The van der Waals surface area contributed by atoms with Crippen LogP contribution in [0.5, 0.6) is 11.5 Å². The third-order valence-corrected chi connectivity index (χ3v) is 3.45. The van der Waals surface area contributed by atoms with Crippen LogP contribution in [0, 0.1) is 11.3 Å². The number of ether oxygens (including phenoxy) is 2. The zero-order chi connectivity index (χ0) is 18.4. The molecule has 0 aliphatic rings. The van der Waals surface area contributed by atoms with Crippen molar-refractivity contribution in [1.29, 1.82) is 5.26 Å². The van der Waals surface area contributed by atoms with Gasteiger partial charge in [-0.15, -0.1) is 5.10 Å². The highest BCUT2D eigenvalue weighted by molar-refractivity contribution is 5.90. The van der Waals surface area contributed by atoms with Crippen molar-refractivity contribution in [3.63, 3.8) is 0 Å². The summed E-state index contributed by atoms with van der Waals surface area (Å²) in [5, 5.41) is 18.0. The van der Waals surface area contributed by atoms with Crippen molar-refractivity contribution >= 4 is 11.9 Å². The molecule has 8 heteroatoms. The van der Waals surface area contributed by atoms with Gasteiger partial charge in [-0.2, -0.15) is 10.2 Å². The number of anilines is 1. The van der Waals surface area contributed by atoms with Crippen molar-refractivity contribution in [1.82, 2.24) is 15.2 Å². The van der Waals surface area contributed by atoms with Crippen molar-refractivity contribution in [3.05, 3.63) is 54.1 Å². The molecule has 1 aromatic heterocycles. The van der Waals surface area contributed by atoms with Gasteiger partial charge < -0.3 is 9.47 Å². The number of nitrogens with one attached hydrogen (secondary N) is 2. The first-order valence-electron chi connectivity index (χ1n) is 7.67. The molecule has 1 amide bonds. The Morgan fingerprint density at radius 1 is 1.15 bits per heavy atom. The number of hydrogen-bond donors (Lipinski definition) is 2. The minimum absolute atomic E-state index is 0.157. The minimum atomic E-state index is -0.394. The lowest BCUT2D eigenvalue weighted by atomic mass is 10.2. The number of hydrogen-bond acceptors (Lipinski definition) is 6. The van der Waals surface area contributed by atoms with E-state index in [1.807, 2.05) is 30.3 Å². The summed E-state index contributed by atoms with van der Waals surface area (Å²) in [6.45, 7) is -0.196. The molecule has 1 heterocycles. The van der Waals surface area contributed by atoms with Crippen LogP contribution in [-0.4, -0.2) is 34.8 Å². The van der Waals surface area contributed by atoms with E-state index in [9.17, 15) is 4.79 Å². The van der Waals surface area contributed by atoms with Gasteiger partial charge in [0.1, 0.15) is 11.5 Å². The Morgan fingerprint density at radius 2 is 1.85 bits per heavy atom. The fourth-order valence-corrected chi connectivity index (χ4v) is 2.13. The van der Waals surface area contributed by atoms with Crippen LogP contribution >= 0.6 is 0 Å². The molecule has 130 valence electrons. The molecule has 26 heavy (non-hydrogen) atoms. The Kier molecular flexibility index (Phi) is 5.10. The molecule has 0 saturated heterocycles. The van der Waals surface area contributed by atoms with Crippen LogP contribution in [0.15, 0.2) is 48.5 Å². The normalized spacial score (nSPS) is 10.0. The van der Waals surface area contributed by atoms with Crippen LogP contribution in [0.2, 0.25) is 0 Å². The Labute approximate surface area is 149 Å². The average molecular weight is 349 g/mol. The molecule has 2 N–H and O–H groups in total. The third-order valence-electron chi connectivity index (χ3n) is 3.45. The maximum atomic E-state index is 11.9. The third kappa shape index (κ3) is 4.15. The van der Waals surface area contributed by atoms with Gasteiger partial charge in [0, 0.05) is 5.56 Å². The number of aromatic amines is 1. The fourth-order valence-electron chi connectivity index (χ4n) is 2.13. The molecule has 0 spiro atoms. The van der Waals surface area contributed by atoms with E-state index in [0.717, 1.165) is 11.3 Å². The minimum Gasteiger partial charge on any atom is -0.497 e. The second-order valence-corrected chi connectivity index (χ2v) is 5.21. The van der Waals surface area contributed by atoms with E-state index in [0.29, 0.717) is 17.1 Å². The van der Waals surface area contributed by atoms with Crippen molar-refractivity contribution in [3.8, 4) is 29.0 Å². The average Bonchev–Trinajstić information content (AvgIpc) is 3.15. The standard InChI is InChI=1S/C18H15N5O3/c1-25-14-8-4-13(5-9-14)17-21-18(23-22-17)20-16(24)11-26-15-6-2-12(10-19)3-7-15/h2-9H,11H2,1H3,(H2,20,21,22,23,24). The predicted octanol–water partition coefficient (Wildman–Crippen LogP) is 2.37. The summed E-state index contributed by atoms with van der Waals surface area (Å²) in [6, 6.07) is 15.8. The summed E-state index contributed by atoms with van der Waals surface area (Å²) in [5.74, 6) is 1.52. The number of nitrogens with zero attached hydrogens (tertiary/aromatic N) is 3. The van der Waals surface area contributed by atoms with Crippen molar-refractivity contribution in [2.45, 2.75) is 0 Å². The van der Waals surface area contributed by atoms with Gasteiger partial charge in [0.05, 0.1) is 18.7 Å². The second-order valence-electron chi connectivity index (χ2n) is 5.21. The number of nitriles is 1. The monoisotopic (exact) mass is 349 g/mol. The molecular weight excluding hydrogens is 334 g/mol. The summed E-state index contributed by atoms with van der Waals surface area (Å²) < 4.78 is 10.5. The Morgan fingerprint density at radius 3 is 2.50 bits per heavy atom. The molecule has 0 radical (unpaired) electrons. The van der Waals surface area contributed by atoms with E-state index < -0.39 is 5.91 Å². The van der Waals surface area contributed by atoms with E-state index in [-0.39, 0.29) is 12.6 Å². The van der Waals surface area contributed by atoms with Crippen LogP contribution in [0.25, 0.3) is 11.4 Å². The lowest BCUT2D eigenvalue weighted by Crippen LogP contribution is -2.20. The van der Waals surface area contributed by atoms with Gasteiger partial charge in [0.25, 0.3) is 5.91 Å². The number of carbonyl (C=O) groups is 1. The molecule has 3 rings (SSSR count). The number of rotatable bonds is 6. The van der Waals surface area contributed by atoms with E-state index >= 15 is 0 Å². The number of benzene rings is 2. The van der Waals surface area contributed by atoms with Gasteiger partial charge in [-0.05, 0) is 48.5 Å². The molecule has 0 saturated carbocycles. The zero-order valence-electron chi connectivity index (χ0n) is 13.9. The van der Waals surface area contributed by atoms with Crippen LogP contribution in [0.4, 0.5) is 5.95 Å². The summed E-state index contributed by atoms with van der Waals surface area (Å²) in [4.78, 5) is 16.2. The molecule has 8 nitrogen and oxygen atoms in total. The molecule has 0 atom stereocenters. The van der Waals surface area contributed by atoms with Gasteiger partial charge >= 0.3 is 0 Å². The number of H-pyrrole nitrogens is 1. The summed E-state index contributed by atoms with van der Waals surface area (Å²) in [5.41, 5.74) is 1.33. The molecule has 0 fully saturated rings. The van der Waals surface area contributed by atoms with Crippen molar-refractivity contribution in [2.75, 3.05) is 19.0 Å². The van der Waals surface area contributed by atoms with Gasteiger partial charge in [0.2, 0.25) is 5.95 Å². The zero-order valence-corrected chi connectivity index (χ0v) is 13.9. The lowest BCUT2D eigenvalue weighted by Gasteiger charge is -2.05. The van der Waals surface area contributed by atoms with E-state index in [2.05, 4.69) is 20.5 Å². The molecule has 3 aromatic rings. The smallest absolute Gasteiger partial charge is 0.264 e. The summed E-state index contributed by atoms with van der Waals surface area (Å²) in [7, 11) is 1.59. The number of methoxy groups -OCH3 is 1. The predicted molar refractivity (Wildman–Crippen MR) is 93.7 cm³/mol. The Bertz CT molecular complexity index is 927. The number of amides is 1. The van der Waals surface area contributed by atoms with Gasteiger partial charge in [0.15, 0.2) is 12.4 Å². The van der Waals surface area contributed by atoms with Crippen molar-refractivity contribution < 1.29 is 14.3 Å². The van der Waals surface area contributed by atoms with E-state index in [1.54, 1.807) is 31.4 Å². The van der Waals surface area contributed by atoms with Crippen LogP contribution in [0.3, 0.4) is 0 Å². The first kappa shape index (κ1) is 17.0. The van der Waals surface area contributed by atoms with Gasteiger partial charge in [-0.1, -0.05) is 0 Å². The van der Waals surface area contributed by atoms with Gasteiger partial charge in [-0.25, -0.2) is 0 Å². The maximum Gasteiger partial charge on any atom is 0.264 e.